The Morgan fingerprint density at radius 3 is 2.58 bits per heavy atom. The quantitative estimate of drug-likeness (QED) is 0.602. The number of pyridine rings is 1. The lowest BCUT2D eigenvalue weighted by Gasteiger charge is -2.21. The van der Waals surface area contributed by atoms with Crippen LogP contribution in [-0.4, -0.2) is 43.2 Å². The Hall–Kier alpha value is -2.84. The van der Waals surface area contributed by atoms with Crippen LogP contribution in [0.5, 0.6) is 0 Å². The fraction of sp³-hybridized carbons (Fsp3) is 0.304. The monoisotopic (exact) mass is 441 g/mol. The second-order valence-electron chi connectivity index (χ2n) is 7.56. The number of aryl methyl sites for hydroxylation is 1. The number of hydrogen-bond donors (Lipinski definition) is 0. The Kier molecular flexibility index (Phi) is 5.53. The van der Waals surface area contributed by atoms with Gasteiger partial charge in [-0.05, 0) is 55.3 Å². The summed E-state index contributed by atoms with van der Waals surface area (Å²) < 4.78 is 40.8. The van der Waals surface area contributed by atoms with E-state index in [1.807, 2.05) is 13.8 Å². The maximum atomic E-state index is 13.7. The highest BCUT2D eigenvalue weighted by Crippen LogP contribution is 2.33. The molecule has 3 aromatic rings. The number of sulfonamides is 1. The van der Waals surface area contributed by atoms with Crippen molar-refractivity contribution in [3.8, 4) is 0 Å². The SMILES string of the molecule is CCN(CC)S(=O)(=O)c1ccc2c(c1)CCN2C(=O)c1cc(C)nc2cc(F)ccc12. The summed E-state index contributed by atoms with van der Waals surface area (Å²) in [6, 6.07) is 10.8. The van der Waals surface area contributed by atoms with Crippen LogP contribution in [0.1, 0.15) is 35.5 Å². The molecule has 0 atom stereocenters. The summed E-state index contributed by atoms with van der Waals surface area (Å²) in [6.07, 6.45) is 0.569. The molecule has 0 bridgehead atoms. The molecule has 1 aromatic heterocycles. The number of hydrogen-bond acceptors (Lipinski definition) is 4. The predicted molar refractivity (Wildman–Crippen MR) is 118 cm³/mol. The van der Waals surface area contributed by atoms with Gasteiger partial charge in [0.05, 0.1) is 16.0 Å². The largest absolute Gasteiger partial charge is 0.308 e. The Balaban J connectivity index is 1.73. The minimum atomic E-state index is -3.57. The molecule has 1 aliphatic rings. The molecule has 0 saturated heterocycles. The lowest BCUT2D eigenvalue weighted by atomic mass is 10.1. The van der Waals surface area contributed by atoms with Gasteiger partial charge < -0.3 is 4.90 Å². The number of aromatic nitrogens is 1. The fourth-order valence-corrected chi connectivity index (χ4v) is 5.63. The maximum absolute atomic E-state index is 13.7. The topological polar surface area (TPSA) is 70.6 Å². The van der Waals surface area contributed by atoms with E-state index in [9.17, 15) is 17.6 Å². The standard InChI is InChI=1S/C23H24FN3O3S/c1-4-26(5-2)31(29,30)18-7-9-22-16(13-18)10-11-27(22)23(28)20-12-15(3)25-21-14-17(24)6-8-19(20)21/h6-9,12-14H,4-5,10-11H2,1-3H3. The third-order valence-corrected chi connectivity index (χ3v) is 7.71. The van der Waals surface area contributed by atoms with Crippen molar-refractivity contribution in [3.63, 3.8) is 0 Å². The number of nitrogens with zero attached hydrogens (tertiary/aromatic N) is 3. The molecule has 0 radical (unpaired) electrons. The number of benzene rings is 2. The summed E-state index contributed by atoms with van der Waals surface area (Å²) in [6.45, 7) is 6.63. The summed E-state index contributed by atoms with van der Waals surface area (Å²) in [5.74, 6) is -0.613. The summed E-state index contributed by atoms with van der Waals surface area (Å²) in [5.41, 5.74) is 3.04. The first kappa shape index (κ1) is 21.4. The van der Waals surface area contributed by atoms with Gasteiger partial charge in [-0.15, -0.1) is 0 Å². The normalized spacial score (nSPS) is 13.8. The molecule has 1 aliphatic heterocycles. The molecule has 4 rings (SSSR count). The molecule has 6 nitrogen and oxygen atoms in total. The average molecular weight is 442 g/mol. The van der Waals surface area contributed by atoms with Crippen molar-refractivity contribution in [2.24, 2.45) is 0 Å². The Bertz CT molecular complexity index is 1280. The minimum absolute atomic E-state index is 0.208. The number of amides is 1. The van der Waals surface area contributed by atoms with Crippen molar-refractivity contribution < 1.29 is 17.6 Å². The molecule has 162 valence electrons. The first-order valence-corrected chi connectivity index (χ1v) is 11.7. The lowest BCUT2D eigenvalue weighted by molar-refractivity contribution is 0.0991. The molecule has 0 N–H and O–H groups in total. The van der Waals surface area contributed by atoms with Crippen molar-refractivity contribution in [1.82, 2.24) is 9.29 Å². The summed E-state index contributed by atoms with van der Waals surface area (Å²) in [7, 11) is -3.57. The van der Waals surface area contributed by atoms with Gasteiger partial charge >= 0.3 is 0 Å². The molecule has 2 aromatic carbocycles. The second kappa shape index (κ2) is 8.01. The third-order valence-electron chi connectivity index (χ3n) is 5.67. The van der Waals surface area contributed by atoms with Gasteiger partial charge in [0.1, 0.15) is 5.82 Å². The maximum Gasteiger partial charge on any atom is 0.259 e. The molecular formula is C23H24FN3O3S. The van der Waals surface area contributed by atoms with Gasteiger partial charge in [-0.25, -0.2) is 12.8 Å². The first-order chi connectivity index (χ1) is 14.8. The van der Waals surface area contributed by atoms with Gasteiger partial charge in [-0.3, -0.25) is 9.78 Å². The van der Waals surface area contributed by atoms with E-state index >= 15 is 0 Å². The van der Waals surface area contributed by atoms with Crippen LogP contribution in [0.4, 0.5) is 10.1 Å². The first-order valence-electron chi connectivity index (χ1n) is 10.3. The highest BCUT2D eigenvalue weighted by Gasteiger charge is 2.30. The van der Waals surface area contributed by atoms with E-state index < -0.39 is 15.8 Å². The van der Waals surface area contributed by atoms with Gasteiger partial charge in [0, 0.05) is 42.5 Å². The van der Waals surface area contributed by atoms with Crippen LogP contribution < -0.4 is 4.90 Å². The minimum Gasteiger partial charge on any atom is -0.308 e. The van der Waals surface area contributed by atoms with E-state index in [1.165, 1.54) is 16.4 Å². The van der Waals surface area contributed by atoms with Crippen LogP contribution in [0, 0.1) is 12.7 Å². The van der Waals surface area contributed by atoms with Gasteiger partial charge in [0.2, 0.25) is 10.0 Å². The highest BCUT2D eigenvalue weighted by atomic mass is 32.2. The number of anilines is 1. The van der Waals surface area contributed by atoms with E-state index in [0.717, 1.165) is 5.56 Å². The number of carbonyl (C=O) groups excluding carboxylic acids is 1. The Morgan fingerprint density at radius 1 is 1.13 bits per heavy atom. The van der Waals surface area contributed by atoms with E-state index in [1.54, 1.807) is 42.2 Å². The molecule has 0 fully saturated rings. The van der Waals surface area contributed by atoms with Crippen LogP contribution in [0.25, 0.3) is 10.9 Å². The highest BCUT2D eigenvalue weighted by molar-refractivity contribution is 7.89. The Labute approximate surface area is 181 Å². The fourth-order valence-electron chi connectivity index (χ4n) is 4.12. The van der Waals surface area contributed by atoms with E-state index in [2.05, 4.69) is 4.98 Å². The van der Waals surface area contributed by atoms with Crippen LogP contribution in [-0.2, 0) is 16.4 Å². The molecule has 0 spiro atoms. The average Bonchev–Trinajstić information content (AvgIpc) is 3.16. The van der Waals surface area contributed by atoms with Gasteiger partial charge in [-0.1, -0.05) is 13.8 Å². The number of halogens is 1. The van der Waals surface area contributed by atoms with Crippen molar-refractivity contribution >= 4 is 32.5 Å². The van der Waals surface area contributed by atoms with Crippen molar-refractivity contribution in [2.75, 3.05) is 24.5 Å². The molecule has 2 heterocycles. The van der Waals surface area contributed by atoms with Crippen molar-refractivity contribution in [3.05, 3.63) is 65.1 Å². The summed E-state index contributed by atoms with van der Waals surface area (Å²) in [4.78, 5) is 19.7. The Morgan fingerprint density at radius 2 is 1.87 bits per heavy atom. The number of rotatable bonds is 5. The third kappa shape index (κ3) is 3.70. The molecular weight excluding hydrogens is 417 g/mol. The number of fused-ring (bicyclic) bond motifs is 2. The predicted octanol–water partition coefficient (Wildman–Crippen LogP) is 3.92. The van der Waals surface area contributed by atoms with Gasteiger partial charge in [0.15, 0.2) is 0 Å². The molecule has 1 amide bonds. The summed E-state index contributed by atoms with van der Waals surface area (Å²) in [5, 5.41) is 0.589. The molecule has 0 saturated carbocycles. The van der Waals surface area contributed by atoms with Crippen LogP contribution in [0.15, 0.2) is 47.4 Å². The number of carbonyl (C=O) groups is 1. The molecule has 31 heavy (non-hydrogen) atoms. The van der Waals surface area contributed by atoms with Crippen LogP contribution in [0.2, 0.25) is 0 Å². The van der Waals surface area contributed by atoms with Crippen molar-refractivity contribution in [1.29, 1.82) is 0 Å². The zero-order chi connectivity index (χ0) is 22.3. The second-order valence-corrected chi connectivity index (χ2v) is 9.50. The molecule has 8 heteroatoms. The molecule has 0 unspecified atom stereocenters. The van der Waals surface area contributed by atoms with Gasteiger partial charge in [-0.2, -0.15) is 4.31 Å². The smallest absolute Gasteiger partial charge is 0.259 e. The van der Waals surface area contributed by atoms with E-state index in [4.69, 9.17) is 0 Å². The van der Waals surface area contributed by atoms with E-state index in [-0.39, 0.29) is 10.8 Å². The summed E-state index contributed by atoms with van der Waals surface area (Å²) >= 11 is 0. The van der Waals surface area contributed by atoms with Crippen LogP contribution >= 0.6 is 0 Å². The zero-order valence-corrected chi connectivity index (χ0v) is 18.5. The van der Waals surface area contributed by atoms with Gasteiger partial charge in [0.25, 0.3) is 5.91 Å². The van der Waals surface area contributed by atoms with Crippen molar-refractivity contribution in [2.45, 2.75) is 32.1 Å². The lowest BCUT2D eigenvalue weighted by Crippen LogP contribution is -2.31. The zero-order valence-electron chi connectivity index (χ0n) is 17.7. The van der Waals surface area contributed by atoms with E-state index in [0.29, 0.717) is 53.9 Å². The van der Waals surface area contributed by atoms with Crippen LogP contribution in [0.3, 0.4) is 0 Å². The molecule has 0 aliphatic carbocycles.